The Morgan fingerprint density at radius 2 is 1.62 bits per heavy atom. The van der Waals surface area contributed by atoms with Gasteiger partial charge in [-0.15, -0.1) is 12.4 Å². The van der Waals surface area contributed by atoms with Gasteiger partial charge in [0.15, 0.2) is 0 Å². The number of alkyl halides is 2. The molecule has 0 aromatic heterocycles. The first kappa shape index (κ1) is 20.3. The highest BCUT2D eigenvalue weighted by Crippen LogP contribution is 2.25. The lowest BCUT2D eigenvalue weighted by Gasteiger charge is -2.15. The van der Waals surface area contributed by atoms with Crippen LogP contribution in [0.5, 0.6) is 5.75 Å². The number of ether oxygens (including phenoxy) is 1. The van der Waals surface area contributed by atoms with E-state index < -0.39 is 28.4 Å². The predicted octanol–water partition coefficient (Wildman–Crippen LogP) is 2.69. The topological polar surface area (TPSA) is 81.4 Å². The molecule has 0 fully saturated rings. The molecule has 0 bridgehead atoms. The Bertz CT molecular complexity index is 745. The molecule has 2 rings (SSSR count). The van der Waals surface area contributed by atoms with Gasteiger partial charge in [0.1, 0.15) is 10.6 Å². The molecule has 0 aliphatic heterocycles. The molecule has 2 aromatic carbocycles. The Labute approximate surface area is 145 Å². The van der Waals surface area contributed by atoms with Crippen molar-refractivity contribution in [3.63, 3.8) is 0 Å². The van der Waals surface area contributed by atoms with E-state index >= 15 is 0 Å². The van der Waals surface area contributed by atoms with Gasteiger partial charge in [-0.1, -0.05) is 42.5 Å². The fourth-order valence-corrected chi connectivity index (χ4v) is 3.15. The highest BCUT2D eigenvalue weighted by Gasteiger charge is 2.22. The van der Waals surface area contributed by atoms with Crippen LogP contribution in [0.15, 0.2) is 59.5 Å². The summed E-state index contributed by atoms with van der Waals surface area (Å²) in [6.07, 6.45) is 0. The Morgan fingerprint density at radius 1 is 1.04 bits per heavy atom. The second-order valence-corrected chi connectivity index (χ2v) is 6.43. The van der Waals surface area contributed by atoms with Crippen LogP contribution in [0.3, 0.4) is 0 Å². The van der Waals surface area contributed by atoms with E-state index in [1.165, 1.54) is 18.2 Å². The van der Waals surface area contributed by atoms with Gasteiger partial charge in [-0.2, -0.15) is 8.78 Å². The van der Waals surface area contributed by atoms with E-state index in [0.29, 0.717) is 0 Å². The van der Waals surface area contributed by atoms with Crippen LogP contribution in [0.4, 0.5) is 8.78 Å². The zero-order valence-corrected chi connectivity index (χ0v) is 14.1. The van der Waals surface area contributed by atoms with Crippen LogP contribution in [0.2, 0.25) is 0 Å². The molecule has 1 unspecified atom stereocenters. The molecule has 0 aliphatic carbocycles. The molecule has 9 heteroatoms. The molecule has 0 radical (unpaired) electrons. The Hall–Kier alpha value is -1.74. The molecule has 2 aromatic rings. The summed E-state index contributed by atoms with van der Waals surface area (Å²) in [6, 6.07) is 13.6. The fraction of sp³-hybridized carbons (Fsp3) is 0.200. The van der Waals surface area contributed by atoms with Crippen molar-refractivity contribution >= 4 is 22.4 Å². The number of para-hydroxylation sites is 1. The normalized spacial score (nSPS) is 12.5. The van der Waals surface area contributed by atoms with Gasteiger partial charge < -0.3 is 10.5 Å². The van der Waals surface area contributed by atoms with E-state index in [1.54, 1.807) is 24.3 Å². The van der Waals surface area contributed by atoms with Crippen molar-refractivity contribution < 1.29 is 21.9 Å². The van der Waals surface area contributed by atoms with E-state index in [2.05, 4.69) is 9.46 Å². The maximum Gasteiger partial charge on any atom is 0.387 e. The lowest BCUT2D eigenvalue weighted by molar-refractivity contribution is -0.0517. The van der Waals surface area contributed by atoms with Gasteiger partial charge in [-0.25, -0.2) is 13.1 Å². The first-order chi connectivity index (χ1) is 10.9. The number of hydrogen-bond donors (Lipinski definition) is 2. The quantitative estimate of drug-likeness (QED) is 0.776. The molecule has 5 nitrogen and oxygen atoms in total. The molecular weight excluding hydrogens is 362 g/mol. The number of nitrogens with two attached hydrogens (primary N) is 1. The van der Waals surface area contributed by atoms with Crippen molar-refractivity contribution in [2.24, 2.45) is 5.73 Å². The number of halogens is 3. The summed E-state index contributed by atoms with van der Waals surface area (Å²) in [6.45, 7) is -3.19. The van der Waals surface area contributed by atoms with Crippen molar-refractivity contribution in [2.45, 2.75) is 17.5 Å². The van der Waals surface area contributed by atoms with Crippen molar-refractivity contribution in [1.82, 2.24) is 4.72 Å². The Morgan fingerprint density at radius 3 is 2.25 bits per heavy atom. The van der Waals surface area contributed by atoms with E-state index in [4.69, 9.17) is 5.73 Å². The summed E-state index contributed by atoms with van der Waals surface area (Å²) in [5.41, 5.74) is 6.68. The van der Waals surface area contributed by atoms with E-state index in [1.807, 2.05) is 6.07 Å². The van der Waals surface area contributed by atoms with Crippen LogP contribution in [0, 0.1) is 0 Å². The third kappa shape index (κ3) is 5.41. The fourth-order valence-electron chi connectivity index (χ4n) is 1.96. The van der Waals surface area contributed by atoms with Gasteiger partial charge in [0.2, 0.25) is 10.0 Å². The zero-order chi connectivity index (χ0) is 16.9. The highest BCUT2D eigenvalue weighted by atomic mass is 35.5. The summed E-state index contributed by atoms with van der Waals surface area (Å²) < 4.78 is 55.8. The minimum atomic E-state index is -4.03. The molecule has 0 heterocycles. The third-order valence-corrected chi connectivity index (χ3v) is 4.54. The molecule has 0 saturated heterocycles. The number of rotatable bonds is 7. The SMILES string of the molecule is Cl.NC(CNS(=O)(=O)c1ccccc1OC(F)F)c1ccccc1. The largest absolute Gasteiger partial charge is 0.433 e. The van der Waals surface area contributed by atoms with Gasteiger partial charge in [0, 0.05) is 12.6 Å². The van der Waals surface area contributed by atoms with Gasteiger partial charge >= 0.3 is 6.61 Å². The first-order valence-corrected chi connectivity index (χ1v) is 8.22. The predicted molar refractivity (Wildman–Crippen MR) is 88.9 cm³/mol. The lowest BCUT2D eigenvalue weighted by Crippen LogP contribution is -2.32. The standard InChI is InChI=1S/C15H16F2N2O3S.ClH/c16-15(17)22-13-8-4-5-9-14(13)23(20,21)19-10-12(18)11-6-2-1-3-7-11;/h1-9,12,15,19H,10,18H2;1H. The van der Waals surface area contributed by atoms with Crippen molar-refractivity contribution in [3.05, 3.63) is 60.2 Å². The monoisotopic (exact) mass is 378 g/mol. The van der Waals surface area contributed by atoms with E-state index in [-0.39, 0.29) is 23.8 Å². The lowest BCUT2D eigenvalue weighted by atomic mass is 10.1. The zero-order valence-electron chi connectivity index (χ0n) is 12.4. The van der Waals surface area contributed by atoms with E-state index in [9.17, 15) is 17.2 Å². The second kappa shape index (κ2) is 8.93. The Balaban J connectivity index is 0.00000288. The maximum atomic E-state index is 12.4. The van der Waals surface area contributed by atoms with Crippen molar-refractivity contribution in [2.75, 3.05) is 6.54 Å². The highest BCUT2D eigenvalue weighted by molar-refractivity contribution is 7.89. The average molecular weight is 379 g/mol. The van der Waals surface area contributed by atoms with Gasteiger partial charge in [-0.3, -0.25) is 0 Å². The van der Waals surface area contributed by atoms with Crippen LogP contribution in [-0.4, -0.2) is 21.6 Å². The third-order valence-electron chi connectivity index (χ3n) is 3.08. The summed E-state index contributed by atoms with van der Waals surface area (Å²) in [4.78, 5) is -0.361. The van der Waals surface area contributed by atoms with Crippen molar-refractivity contribution in [1.29, 1.82) is 0 Å². The number of nitrogens with one attached hydrogen (secondary N) is 1. The van der Waals surface area contributed by atoms with Crippen LogP contribution in [-0.2, 0) is 10.0 Å². The minimum absolute atomic E-state index is 0. The summed E-state index contributed by atoms with van der Waals surface area (Å²) in [5, 5.41) is 0. The summed E-state index contributed by atoms with van der Waals surface area (Å²) >= 11 is 0. The molecule has 132 valence electrons. The smallest absolute Gasteiger partial charge is 0.387 e. The number of sulfonamides is 1. The second-order valence-electron chi connectivity index (χ2n) is 4.69. The summed E-state index contributed by atoms with van der Waals surface area (Å²) in [7, 11) is -4.03. The molecule has 24 heavy (non-hydrogen) atoms. The first-order valence-electron chi connectivity index (χ1n) is 6.74. The molecule has 3 N–H and O–H groups in total. The number of benzene rings is 2. The van der Waals surface area contributed by atoms with Gasteiger partial charge in [0.25, 0.3) is 0 Å². The van der Waals surface area contributed by atoms with Gasteiger partial charge in [-0.05, 0) is 17.7 Å². The van der Waals surface area contributed by atoms with E-state index in [0.717, 1.165) is 11.6 Å². The van der Waals surface area contributed by atoms with Crippen molar-refractivity contribution in [3.8, 4) is 5.75 Å². The molecule has 0 aliphatic rings. The average Bonchev–Trinajstić information content (AvgIpc) is 2.53. The molecule has 0 spiro atoms. The Kier molecular flexibility index (Phi) is 7.56. The molecule has 0 amide bonds. The molecular formula is C15H17ClF2N2O3S. The molecule has 1 atom stereocenters. The maximum absolute atomic E-state index is 12.4. The minimum Gasteiger partial charge on any atom is -0.433 e. The van der Waals surface area contributed by atoms with Crippen LogP contribution >= 0.6 is 12.4 Å². The van der Waals surface area contributed by atoms with Crippen LogP contribution in [0.25, 0.3) is 0 Å². The molecule has 0 saturated carbocycles. The van der Waals surface area contributed by atoms with Crippen LogP contribution in [0.1, 0.15) is 11.6 Å². The summed E-state index contributed by atoms with van der Waals surface area (Å²) in [5.74, 6) is -0.414. The van der Waals surface area contributed by atoms with Crippen LogP contribution < -0.4 is 15.2 Å². The van der Waals surface area contributed by atoms with Gasteiger partial charge in [0.05, 0.1) is 0 Å². The number of hydrogen-bond acceptors (Lipinski definition) is 4.